The molecule has 0 spiro atoms. The number of rotatable bonds is 0. The maximum absolute atomic E-state index is 11.8. The van der Waals surface area contributed by atoms with E-state index in [4.69, 9.17) is 5.73 Å². The van der Waals surface area contributed by atoms with Crippen LogP contribution in [-0.4, -0.2) is 30.4 Å². The van der Waals surface area contributed by atoms with Crippen LogP contribution in [0.2, 0.25) is 0 Å². The van der Waals surface area contributed by atoms with Crippen molar-refractivity contribution in [2.24, 2.45) is 16.6 Å². The van der Waals surface area contributed by atoms with Crippen molar-refractivity contribution in [3.8, 4) is 0 Å². The highest BCUT2D eigenvalue weighted by atomic mass is 16.2. The van der Waals surface area contributed by atoms with Gasteiger partial charge in [-0.2, -0.15) is 0 Å². The van der Waals surface area contributed by atoms with Gasteiger partial charge in [0.25, 0.3) is 5.91 Å². The van der Waals surface area contributed by atoms with E-state index in [1.54, 1.807) is 6.20 Å². The fraction of sp³-hybridized carbons (Fsp3) is 0.364. The Morgan fingerprint density at radius 1 is 1.39 bits per heavy atom. The summed E-state index contributed by atoms with van der Waals surface area (Å²) in [7, 11) is 0. The molecular formula is C11H13N5O2. The van der Waals surface area contributed by atoms with Crippen molar-refractivity contribution >= 4 is 17.8 Å². The molecule has 2 unspecified atom stereocenters. The molecule has 5 N–H and O–H groups in total. The standard InChI is InChI=1S/C11H13N5O2/c12-11-15-8(10(18)16-11)6-2-4-14-9(17)7-5(6)1-3-13-7/h1,3,5,7,13H,2,4H2,(H,14,17)(H3,12,15,16,18)/b8-6-. The van der Waals surface area contributed by atoms with E-state index in [9.17, 15) is 9.59 Å². The summed E-state index contributed by atoms with van der Waals surface area (Å²) in [5.74, 6) is -0.382. The Morgan fingerprint density at radius 2 is 2.22 bits per heavy atom. The minimum Gasteiger partial charge on any atom is -0.379 e. The van der Waals surface area contributed by atoms with Gasteiger partial charge in [0.15, 0.2) is 0 Å². The van der Waals surface area contributed by atoms with Crippen molar-refractivity contribution < 1.29 is 9.59 Å². The van der Waals surface area contributed by atoms with E-state index in [1.165, 1.54) is 0 Å². The van der Waals surface area contributed by atoms with Crippen LogP contribution in [0.3, 0.4) is 0 Å². The van der Waals surface area contributed by atoms with Crippen LogP contribution in [0.1, 0.15) is 6.42 Å². The van der Waals surface area contributed by atoms with Gasteiger partial charge in [0.2, 0.25) is 11.9 Å². The number of fused-ring (bicyclic) bond motifs is 1. The van der Waals surface area contributed by atoms with Gasteiger partial charge in [-0.05, 0) is 18.2 Å². The Kier molecular flexibility index (Phi) is 2.32. The SMILES string of the molecule is NC1=N/C(=C2/CCNC(=O)C3NC=CC23)C(=O)N1. The van der Waals surface area contributed by atoms with Crippen molar-refractivity contribution in [1.29, 1.82) is 0 Å². The molecule has 1 saturated heterocycles. The molecule has 18 heavy (non-hydrogen) atoms. The summed E-state index contributed by atoms with van der Waals surface area (Å²) < 4.78 is 0. The lowest BCUT2D eigenvalue weighted by Gasteiger charge is -2.17. The summed E-state index contributed by atoms with van der Waals surface area (Å²) in [4.78, 5) is 27.6. The molecule has 7 nitrogen and oxygen atoms in total. The van der Waals surface area contributed by atoms with Gasteiger partial charge in [-0.1, -0.05) is 6.08 Å². The van der Waals surface area contributed by atoms with Crippen molar-refractivity contribution in [1.82, 2.24) is 16.0 Å². The van der Waals surface area contributed by atoms with Crippen molar-refractivity contribution in [3.05, 3.63) is 23.5 Å². The molecule has 0 aliphatic carbocycles. The first-order valence-electron chi connectivity index (χ1n) is 5.76. The fourth-order valence-electron chi connectivity index (χ4n) is 2.50. The highest BCUT2D eigenvalue weighted by molar-refractivity contribution is 6.11. The summed E-state index contributed by atoms with van der Waals surface area (Å²) in [5, 5.41) is 8.25. The largest absolute Gasteiger partial charge is 0.379 e. The molecule has 1 fully saturated rings. The van der Waals surface area contributed by atoms with Crippen molar-refractivity contribution in [3.63, 3.8) is 0 Å². The van der Waals surface area contributed by atoms with E-state index in [-0.39, 0.29) is 29.7 Å². The molecule has 94 valence electrons. The number of aliphatic imine (C=N–C) groups is 1. The number of nitrogens with two attached hydrogens (primary N) is 1. The third-order valence-electron chi connectivity index (χ3n) is 3.31. The van der Waals surface area contributed by atoms with Gasteiger partial charge in [-0.3, -0.25) is 14.9 Å². The van der Waals surface area contributed by atoms with Crippen LogP contribution >= 0.6 is 0 Å². The number of carbonyl (C=O) groups excluding carboxylic acids is 2. The number of carbonyl (C=O) groups is 2. The predicted octanol–water partition coefficient (Wildman–Crippen LogP) is -1.69. The molecule has 0 aromatic carbocycles. The van der Waals surface area contributed by atoms with E-state index in [1.807, 2.05) is 6.08 Å². The molecule has 3 aliphatic heterocycles. The van der Waals surface area contributed by atoms with Gasteiger partial charge >= 0.3 is 0 Å². The van der Waals surface area contributed by atoms with Crippen LogP contribution in [0, 0.1) is 5.92 Å². The summed E-state index contributed by atoms with van der Waals surface area (Å²) in [5.41, 5.74) is 6.68. The van der Waals surface area contributed by atoms with Gasteiger partial charge in [0.1, 0.15) is 11.7 Å². The first-order valence-corrected chi connectivity index (χ1v) is 5.76. The summed E-state index contributed by atoms with van der Waals surface area (Å²) in [6, 6.07) is -0.361. The van der Waals surface area contributed by atoms with Crippen molar-refractivity contribution in [2.75, 3.05) is 6.54 Å². The van der Waals surface area contributed by atoms with E-state index < -0.39 is 0 Å². The smallest absolute Gasteiger partial charge is 0.276 e. The molecule has 0 radical (unpaired) electrons. The lowest BCUT2D eigenvalue weighted by molar-refractivity contribution is -0.123. The molecular weight excluding hydrogens is 234 g/mol. The number of nitrogens with one attached hydrogen (secondary N) is 3. The third kappa shape index (κ3) is 1.55. The molecule has 0 aromatic heterocycles. The average Bonchev–Trinajstić information content (AvgIpc) is 2.88. The normalized spacial score (nSPS) is 34.3. The molecule has 3 heterocycles. The van der Waals surface area contributed by atoms with Gasteiger partial charge in [-0.25, -0.2) is 4.99 Å². The molecule has 2 atom stereocenters. The number of guanidine groups is 1. The molecule has 0 aromatic rings. The Morgan fingerprint density at radius 3 is 2.94 bits per heavy atom. The van der Waals surface area contributed by atoms with Gasteiger partial charge in [-0.15, -0.1) is 0 Å². The third-order valence-corrected chi connectivity index (χ3v) is 3.31. The Balaban J connectivity index is 2.05. The molecule has 3 rings (SSSR count). The highest BCUT2D eigenvalue weighted by Gasteiger charge is 2.37. The van der Waals surface area contributed by atoms with Crippen LogP contribution < -0.4 is 21.7 Å². The molecule has 7 heteroatoms. The zero-order valence-electron chi connectivity index (χ0n) is 9.56. The lowest BCUT2D eigenvalue weighted by Crippen LogP contribution is -2.42. The first kappa shape index (κ1) is 10.8. The second kappa shape index (κ2) is 3.86. The van der Waals surface area contributed by atoms with Crippen LogP contribution in [0.15, 0.2) is 28.5 Å². The fourth-order valence-corrected chi connectivity index (χ4v) is 2.50. The van der Waals surface area contributed by atoms with Crippen LogP contribution in [0.25, 0.3) is 0 Å². The quantitative estimate of drug-likeness (QED) is 0.383. The zero-order chi connectivity index (χ0) is 12.7. The van der Waals surface area contributed by atoms with E-state index in [0.717, 1.165) is 5.57 Å². The van der Waals surface area contributed by atoms with Crippen LogP contribution in [-0.2, 0) is 9.59 Å². The summed E-state index contributed by atoms with van der Waals surface area (Å²) in [6.07, 6.45) is 4.22. The second-order valence-corrected chi connectivity index (χ2v) is 4.40. The van der Waals surface area contributed by atoms with Gasteiger partial charge < -0.3 is 16.4 Å². The Labute approximate surface area is 103 Å². The minimum atomic E-state index is -0.361. The minimum absolute atomic E-state index is 0.0593. The Bertz CT molecular complexity index is 520. The number of nitrogens with zero attached hydrogens (tertiary/aromatic N) is 1. The number of hydrogen-bond acceptors (Lipinski definition) is 5. The first-order chi connectivity index (χ1) is 8.66. The molecule has 3 aliphatic rings. The summed E-state index contributed by atoms with van der Waals surface area (Å²) in [6.45, 7) is 0.503. The predicted molar refractivity (Wildman–Crippen MR) is 64.0 cm³/mol. The molecule has 0 bridgehead atoms. The lowest BCUT2D eigenvalue weighted by atomic mass is 9.90. The maximum atomic E-state index is 11.8. The maximum Gasteiger partial charge on any atom is 0.276 e. The number of amides is 2. The molecule has 2 amide bonds. The second-order valence-electron chi connectivity index (χ2n) is 4.40. The highest BCUT2D eigenvalue weighted by Crippen LogP contribution is 2.30. The monoisotopic (exact) mass is 247 g/mol. The number of hydrogen-bond donors (Lipinski definition) is 4. The van der Waals surface area contributed by atoms with Gasteiger partial charge in [0, 0.05) is 12.5 Å². The van der Waals surface area contributed by atoms with Crippen LogP contribution in [0.5, 0.6) is 0 Å². The Hall–Kier alpha value is -2.31. The molecule has 0 saturated carbocycles. The van der Waals surface area contributed by atoms with Crippen LogP contribution in [0.4, 0.5) is 0 Å². The topological polar surface area (TPSA) is 109 Å². The van der Waals surface area contributed by atoms with E-state index in [0.29, 0.717) is 18.7 Å². The summed E-state index contributed by atoms with van der Waals surface area (Å²) >= 11 is 0. The zero-order valence-corrected chi connectivity index (χ0v) is 9.56. The van der Waals surface area contributed by atoms with E-state index in [2.05, 4.69) is 20.9 Å². The van der Waals surface area contributed by atoms with E-state index >= 15 is 0 Å². The van der Waals surface area contributed by atoms with Gasteiger partial charge in [0.05, 0.1) is 0 Å². The average molecular weight is 247 g/mol. The van der Waals surface area contributed by atoms with Crippen molar-refractivity contribution in [2.45, 2.75) is 12.5 Å².